The smallest absolute Gasteiger partial charge is 0.295 e. The number of halogens is 4. The quantitative estimate of drug-likeness (QED) is 0.155. The first-order valence-corrected chi connectivity index (χ1v) is 13.9. The Hall–Kier alpha value is -1.46. The summed E-state index contributed by atoms with van der Waals surface area (Å²) in [6.07, 6.45) is -0.172. The van der Waals surface area contributed by atoms with E-state index in [1.807, 2.05) is 20.8 Å². The van der Waals surface area contributed by atoms with E-state index in [1.165, 1.54) is 52.9 Å². The Morgan fingerprint density at radius 3 is 2.49 bits per heavy atom. The summed E-state index contributed by atoms with van der Waals surface area (Å²) < 4.78 is 68.6. The number of nitrogens with one attached hydrogen (secondary N) is 1. The SMILES string of the molecule is CCCOc1cc(NC(=O)[C@@H](OI)C(C)C)ccc1S(=O)(=O)N(F)c1cccc(OC(C)(F)I)c1. The van der Waals surface area contributed by atoms with Gasteiger partial charge in [-0.3, -0.25) is 4.79 Å². The minimum Gasteiger partial charge on any atom is -0.492 e. The number of anilines is 2. The maximum absolute atomic E-state index is 15.2. The molecule has 0 bridgehead atoms. The molecule has 0 saturated carbocycles. The van der Waals surface area contributed by atoms with E-state index in [2.05, 4.69) is 5.32 Å². The number of amides is 1. The van der Waals surface area contributed by atoms with Crippen LogP contribution in [0.25, 0.3) is 0 Å². The maximum Gasteiger partial charge on any atom is 0.295 e. The highest BCUT2D eigenvalue weighted by atomic mass is 127. The Morgan fingerprint density at radius 1 is 1.23 bits per heavy atom. The van der Waals surface area contributed by atoms with Crippen molar-refractivity contribution in [3.05, 3.63) is 42.5 Å². The zero-order valence-electron chi connectivity index (χ0n) is 19.4. The molecule has 1 N–H and O–H groups in total. The van der Waals surface area contributed by atoms with Crippen molar-refractivity contribution in [2.75, 3.05) is 16.5 Å². The summed E-state index contributed by atoms with van der Waals surface area (Å²) in [5.41, 5.74) is -0.134. The number of hydrogen-bond acceptors (Lipinski definition) is 6. The molecular weight excluding hydrogens is 712 g/mol. The van der Waals surface area contributed by atoms with Gasteiger partial charge in [0.15, 0.2) is 6.10 Å². The molecule has 35 heavy (non-hydrogen) atoms. The molecule has 0 aliphatic carbocycles. The number of alkyl halides is 2. The Labute approximate surface area is 231 Å². The van der Waals surface area contributed by atoms with Crippen molar-refractivity contribution < 1.29 is 34.6 Å². The highest BCUT2D eigenvalue weighted by Crippen LogP contribution is 2.35. The van der Waals surface area contributed by atoms with Crippen molar-refractivity contribution in [2.24, 2.45) is 5.92 Å². The molecule has 0 heterocycles. The van der Waals surface area contributed by atoms with Gasteiger partial charge in [0.25, 0.3) is 19.8 Å². The van der Waals surface area contributed by atoms with Crippen LogP contribution in [0, 0.1) is 5.92 Å². The van der Waals surface area contributed by atoms with E-state index in [4.69, 9.17) is 12.5 Å². The average Bonchev–Trinajstić information content (AvgIpc) is 2.76. The van der Waals surface area contributed by atoms with Gasteiger partial charge in [-0.2, -0.15) is 12.8 Å². The number of carbonyl (C=O) groups is 1. The monoisotopic (exact) mass is 738 g/mol. The van der Waals surface area contributed by atoms with Crippen LogP contribution in [-0.4, -0.2) is 30.9 Å². The van der Waals surface area contributed by atoms with Crippen LogP contribution in [-0.2, 0) is 17.9 Å². The fraction of sp³-hybridized carbons (Fsp3) is 0.409. The molecule has 2 aromatic rings. The Balaban J connectivity index is 2.41. The second kappa shape index (κ2) is 12.7. The normalized spacial score (nSPS) is 14.2. The number of ether oxygens (including phenoxy) is 2. The van der Waals surface area contributed by atoms with E-state index in [9.17, 15) is 17.6 Å². The molecule has 2 atom stereocenters. The molecule has 0 fully saturated rings. The van der Waals surface area contributed by atoms with E-state index in [0.717, 1.165) is 19.1 Å². The van der Waals surface area contributed by atoms with Gasteiger partial charge in [-0.1, -0.05) is 35.8 Å². The fourth-order valence-electron chi connectivity index (χ4n) is 2.87. The summed E-state index contributed by atoms with van der Waals surface area (Å²) in [5.74, 6) is -0.729. The number of nitrogens with zero attached hydrogens (tertiary/aromatic N) is 1. The van der Waals surface area contributed by atoms with Crippen LogP contribution in [0.5, 0.6) is 11.5 Å². The number of rotatable bonds is 12. The molecule has 0 spiro atoms. The van der Waals surface area contributed by atoms with Gasteiger partial charge in [-0.05, 0) is 36.6 Å². The molecule has 0 aromatic heterocycles. The summed E-state index contributed by atoms with van der Waals surface area (Å²) in [5, 5.41) is 2.66. The third-order valence-corrected chi connectivity index (χ3v) is 6.73. The Bertz CT molecular complexity index is 1130. The van der Waals surface area contributed by atoms with Crippen molar-refractivity contribution >= 4 is 72.9 Å². The number of benzene rings is 2. The lowest BCUT2D eigenvalue weighted by Crippen LogP contribution is -2.32. The second-order valence-electron chi connectivity index (χ2n) is 7.88. The summed E-state index contributed by atoms with van der Waals surface area (Å²) >= 11 is 3.05. The fourth-order valence-corrected chi connectivity index (χ4v) is 5.12. The van der Waals surface area contributed by atoms with Gasteiger partial charge >= 0.3 is 0 Å². The van der Waals surface area contributed by atoms with Crippen molar-refractivity contribution in [3.63, 3.8) is 0 Å². The van der Waals surface area contributed by atoms with Gasteiger partial charge in [-0.25, -0.2) is 0 Å². The molecule has 13 heteroatoms. The molecule has 194 valence electrons. The molecule has 1 unspecified atom stereocenters. The number of carbonyl (C=O) groups excluding carboxylic acids is 1. The first kappa shape index (κ1) is 29.8. The van der Waals surface area contributed by atoms with E-state index < -0.39 is 35.3 Å². The van der Waals surface area contributed by atoms with Crippen molar-refractivity contribution in [3.8, 4) is 11.5 Å². The minimum atomic E-state index is -4.74. The third-order valence-electron chi connectivity index (χ3n) is 4.44. The van der Waals surface area contributed by atoms with Crippen LogP contribution < -0.4 is 19.3 Å². The Morgan fingerprint density at radius 2 is 1.91 bits per heavy atom. The summed E-state index contributed by atoms with van der Waals surface area (Å²) in [4.78, 5) is 12.1. The van der Waals surface area contributed by atoms with Gasteiger partial charge < -0.3 is 17.9 Å². The van der Waals surface area contributed by atoms with Gasteiger partial charge in [0.05, 0.1) is 12.3 Å². The predicted octanol–water partition coefficient (Wildman–Crippen LogP) is 6.34. The first-order valence-electron chi connectivity index (χ1n) is 10.5. The van der Waals surface area contributed by atoms with Crippen LogP contribution >= 0.6 is 45.6 Å². The maximum atomic E-state index is 15.2. The van der Waals surface area contributed by atoms with Crippen LogP contribution in [0.4, 0.5) is 20.2 Å². The lowest BCUT2D eigenvalue weighted by atomic mass is 10.1. The zero-order valence-corrected chi connectivity index (χ0v) is 24.6. The van der Waals surface area contributed by atoms with Gasteiger partial charge in [0.2, 0.25) is 0 Å². The van der Waals surface area contributed by atoms with Crippen LogP contribution in [0.2, 0.25) is 0 Å². The third kappa shape index (κ3) is 8.28. The molecule has 0 saturated heterocycles. The van der Waals surface area contributed by atoms with E-state index in [-0.39, 0.29) is 35.4 Å². The molecule has 0 aliphatic heterocycles. The lowest BCUT2D eigenvalue weighted by Gasteiger charge is -2.20. The number of hydrogen-bond donors (Lipinski definition) is 1. The number of sulfonamides is 1. The molecule has 8 nitrogen and oxygen atoms in total. The van der Waals surface area contributed by atoms with E-state index in [1.54, 1.807) is 23.0 Å². The lowest BCUT2D eigenvalue weighted by molar-refractivity contribution is -0.123. The highest BCUT2D eigenvalue weighted by Gasteiger charge is 2.31. The molecule has 0 radical (unpaired) electrons. The second-order valence-corrected chi connectivity index (χ2v) is 12.0. The average molecular weight is 738 g/mol. The summed E-state index contributed by atoms with van der Waals surface area (Å²) in [6.45, 7) is 6.77. The molecule has 2 aromatic carbocycles. The summed E-state index contributed by atoms with van der Waals surface area (Å²) in [7, 11) is -4.74. The van der Waals surface area contributed by atoms with Crippen LogP contribution in [0.15, 0.2) is 47.4 Å². The minimum absolute atomic E-state index is 0.0579. The molecule has 2 rings (SSSR count). The van der Waals surface area contributed by atoms with Crippen molar-refractivity contribution in [1.29, 1.82) is 0 Å². The van der Waals surface area contributed by atoms with Crippen LogP contribution in [0.1, 0.15) is 34.1 Å². The van der Waals surface area contributed by atoms with E-state index >= 15 is 4.48 Å². The Kier molecular flexibility index (Phi) is 10.8. The van der Waals surface area contributed by atoms with E-state index in [0.29, 0.717) is 6.42 Å². The first-order chi connectivity index (χ1) is 16.3. The largest absolute Gasteiger partial charge is 0.492 e. The standard InChI is InChI=1S/C22H26F2I2N2O6S/c1-5-11-32-18-12-15(27-21(29)20(34-26)14(2)3)9-10-19(18)35(30,31)28(24)16-7-6-8-17(13-16)33-22(4,23)25/h6-10,12-14,20H,5,11H2,1-4H3,(H,27,29)/t20-,22?/m0/s1. The molecular formula is C22H26F2I2N2O6S. The molecule has 0 aliphatic rings. The van der Waals surface area contributed by atoms with Gasteiger partial charge in [-0.15, -0.1) is 0 Å². The topological polar surface area (TPSA) is 94.2 Å². The van der Waals surface area contributed by atoms with Crippen molar-refractivity contribution in [2.45, 2.75) is 49.0 Å². The highest BCUT2D eigenvalue weighted by molar-refractivity contribution is 14.1. The molecule has 1 amide bonds. The van der Waals surface area contributed by atoms with Crippen molar-refractivity contribution in [1.82, 2.24) is 0 Å². The van der Waals surface area contributed by atoms with Crippen LogP contribution in [0.3, 0.4) is 0 Å². The predicted molar refractivity (Wildman–Crippen MR) is 146 cm³/mol. The van der Waals surface area contributed by atoms with Gasteiger partial charge in [0.1, 0.15) is 39.4 Å². The zero-order chi connectivity index (χ0) is 26.4. The van der Waals surface area contributed by atoms with Gasteiger partial charge in [0, 0.05) is 47.3 Å². The summed E-state index contributed by atoms with van der Waals surface area (Å²) in [6, 6.07) is 8.74.